The second-order valence-electron chi connectivity index (χ2n) is 1.91. The molecule has 0 bridgehead atoms. The average molecular weight is 104 g/mol. The third-order valence-corrected chi connectivity index (χ3v) is 1.02. The quantitative estimate of drug-likeness (QED) is 0.471. The third kappa shape index (κ3) is 1.09. The second kappa shape index (κ2) is 1.99. The van der Waals surface area contributed by atoms with Gasteiger partial charge < -0.3 is 0 Å². The number of aryl methyl sites for hydroxylation is 2. The molecule has 1 rings (SSSR count). The van der Waals surface area contributed by atoms with Crippen LogP contribution in [0.5, 0.6) is 0 Å². The molecule has 0 spiro atoms. The van der Waals surface area contributed by atoms with Gasteiger partial charge >= 0.3 is 0 Å². The van der Waals surface area contributed by atoms with Gasteiger partial charge in [-0.3, -0.25) is 0 Å². The van der Waals surface area contributed by atoms with Crippen LogP contribution in [0.25, 0.3) is 0 Å². The predicted molar refractivity (Wildman–Crippen MR) is 33.6 cm³/mol. The maximum Gasteiger partial charge on any atom is -0.0114 e. The summed E-state index contributed by atoms with van der Waals surface area (Å²) >= 11 is 0. The fourth-order valence-corrected chi connectivity index (χ4v) is 0.665. The first-order valence-corrected chi connectivity index (χ1v) is 2.66. The molecule has 8 heavy (non-hydrogen) atoms. The summed E-state index contributed by atoms with van der Waals surface area (Å²) in [6.45, 7) is 4.02. The number of benzene rings is 1. The van der Waals surface area contributed by atoms with E-state index in [0.717, 1.165) is 5.56 Å². The molecule has 0 fully saturated rings. The highest BCUT2D eigenvalue weighted by Gasteiger charge is 1.82. The topological polar surface area (TPSA) is 0 Å². The molecule has 0 atom stereocenters. The van der Waals surface area contributed by atoms with Crippen molar-refractivity contribution in [3.63, 3.8) is 0 Å². The van der Waals surface area contributed by atoms with Gasteiger partial charge in [0.15, 0.2) is 0 Å². The van der Waals surface area contributed by atoms with E-state index in [1.165, 1.54) is 5.56 Å². The van der Waals surface area contributed by atoms with Gasteiger partial charge in [0.2, 0.25) is 0 Å². The van der Waals surface area contributed by atoms with Crippen molar-refractivity contribution in [3.05, 3.63) is 35.4 Å². The van der Waals surface area contributed by atoms with Gasteiger partial charge in [0.25, 0.3) is 0 Å². The van der Waals surface area contributed by atoms with Crippen LogP contribution in [0.3, 0.4) is 0 Å². The SMILES string of the molecule is Cc1[c]ccc(C)[c]1. The van der Waals surface area contributed by atoms with Gasteiger partial charge in [-0.15, -0.1) is 0 Å². The minimum Gasteiger partial charge on any atom is -0.0581 e. The Bertz CT molecular complexity index is 160. The van der Waals surface area contributed by atoms with Gasteiger partial charge in [-0.1, -0.05) is 12.1 Å². The summed E-state index contributed by atoms with van der Waals surface area (Å²) in [5.74, 6) is 0. The van der Waals surface area contributed by atoms with Crippen molar-refractivity contribution >= 4 is 0 Å². The molecule has 0 saturated carbocycles. The molecular weight excluding hydrogens is 96.1 g/mol. The van der Waals surface area contributed by atoms with Gasteiger partial charge in [0.1, 0.15) is 0 Å². The van der Waals surface area contributed by atoms with Crippen LogP contribution >= 0.6 is 0 Å². The highest BCUT2D eigenvalue weighted by molar-refractivity contribution is 5.17. The average Bonchev–Trinajstić information content (AvgIpc) is 1.64. The Morgan fingerprint density at radius 1 is 1.38 bits per heavy atom. The number of hydrogen-bond donors (Lipinski definition) is 0. The van der Waals surface area contributed by atoms with E-state index < -0.39 is 0 Å². The first-order valence-electron chi connectivity index (χ1n) is 2.66. The summed E-state index contributed by atoms with van der Waals surface area (Å²) < 4.78 is 0. The van der Waals surface area contributed by atoms with Gasteiger partial charge in [-0.05, 0) is 37.1 Å². The minimum absolute atomic E-state index is 1.09. The molecule has 0 aliphatic carbocycles. The van der Waals surface area contributed by atoms with Crippen LogP contribution in [0.15, 0.2) is 12.1 Å². The van der Waals surface area contributed by atoms with Crippen LogP contribution in [0.4, 0.5) is 0 Å². The fourth-order valence-electron chi connectivity index (χ4n) is 0.665. The first-order chi connectivity index (χ1) is 3.79. The van der Waals surface area contributed by atoms with E-state index >= 15 is 0 Å². The maximum absolute atomic E-state index is 3.11. The predicted octanol–water partition coefficient (Wildman–Crippen LogP) is 1.90. The van der Waals surface area contributed by atoms with Gasteiger partial charge in [0, 0.05) is 0 Å². The van der Waals surface area contributed by atoms with Crippen molar-refractivity contribution in [2.45, 2.75) is 13.8 Å². The van der Waals surface area contributed by atoms with E-state index in [1.54, 1.807) is 0 Å². The summed E-state index contributed by atoms with van der Waals surface area (Å²) in [5, 5.41) is 0. The molecule has 0 aromatic heterocycles. The molecule has 0 heterocycles. The van der Waals surface area contributed by atoms with E-state index in [1.807, 2.05) is 26.0 Å². The summed E-state index contributed by atoms with van der Waals surface area (Å²) in [6, 6.07) is 10.0. The number of hydrogen-bond acceptors (Lipinski definition) is 0. The molecule has 2 radical (unpaired) electrons. The van der Waals surface area contributed by atoms with Crippen LogP contribution in [0.2, 0.25) is 0 Å². The third-order valence-electron chi connectivity index (χ3n) is 1.02. The van der Waals surface area contributed by atoms with Crippen LogP contribution in [-0.4, -0.2) is 0 Å². The van der Waals surface area contributed by atoms with Crippen molar-refractivity contribution in [3.8, 4) is 0 Å². The summed E-state index contributed by atoms with van der Waals surface area (Å²) in [7, 11) is 0. The largest absolute Gasteiger partial charge is 0.0581 e. The molecule has 0 heteroatoms. The maximum atomic E-state index is 3.11. The molecule has 40 valence electrons. The molecular formula is C8H8. The molecule has 0 unspecified atom stereocenters. The second-order valence-corrected chi connectivity index (χ2v) is 1.91. The zero-order chi connectivity index (χ0) is 5.98. The molecule has 1 aromatic carbocycles. The first kappa shape index (κ1) is 5.36. The Balaban J connectivity index is 3.08. The van der Waals surface area contributed by atoms with E-state index in [2.05, 4.69) is 12.1 Å². The molecule has 1 aromatic rings. The van der Waals surface area contributed by atoms with Gasteiger partial charge in [-0.2, -0.15) is 0 Å². The van der Waals surface area contributed by atoms with Crippen LogP contribution in [0, 0.1) is 26.0 Å². The molecule has 0 aliphatic heterocycles. The summed E-state index contributed by atoms with van der Waals surface area (Å²) in [4.78, 5) is 0. The van der Waals surface area contributed by atoms with Gasteiger partial charge in [0.05, 0.1) is 0 Å². The minimum atomic E-state index is 1.09. The standard InChI is InChI=1S/C8H8/c1-7-4-3-5-8(2)6-7/h3-4H,1-2H3. The van der Waals surface area contributed by atoms with Crippen molar-refractivity contribution in [1.29, 1.82) is 0 Å². The monoisotopic (exact) mass is 104 g/mol. The van der Waals surface area contributed by atoms with Crippen LogP contribution in [0.1, 0.15) is 11.1 Å². The smallest absolute Gasteiger partial charge is 0.0114 e. The Morgan fingerprint density at radius 3 is 2.50 bits per heavy atom. The lowest BCUT2D eigenvalue weighted by Gasteiger charge is -1.88. The Labute approximate surface area is 50.2 Å². The molecule has 0 aliphatic rings. The Kier molecular flexibility index (Phi) is 1.34. The van der Waals surface area contributed by atoms with Crippen LogP contribution in [-0.2, 0) is 0 Å². The van der Waals surface area contributed by atoms with E-state index in [-0.39, 0.29) is 0 Å². The highest BCUT2D eigenvalue weighted by Crippen LogP contribution is 1.97. The zero-order valence-corrected chi connectivity index (χ0v) is 5.15. The lowest BCUT2D eigenvalue weighted by molar-refractivity contribution is 1.36. The zero-order valence-electron chi connectivity index (χ0n) is 5.15. The van der Waals surface area contributed by atoms with Gasteiger partial charge in [-0.25, -0.2) is 0 Å². The fraction of sp³-hybridized carbons (Fsp3) is 0.250. The summed E-state index contributed by atoms with van der Waals surface area (Å²) in [6.07, 6.45) is 0. The van der Waals surface area contributed by atoms with Crippen molar-refractivity contribution in [2.24, 2.45) is 0 Å². The Morgan fingerprint density at radius 2 is 2.12 bits per heavy atom. The normalized spacial score (nSPS) is 9.25. The van der Waals surface area contributed by atoms with Crippen LogP contribution < -0.4 is 0 Å². The molecule has 0 saturated heterocycles. The molecule has 0 amide bonds. The van der Waals surface area contributed by atoms with E-state index in [4.69, 9.17) is 0 Å². The lowest BCUT2D eigenvalue weighted by Crippen LogP contribution is -1.73. The Hall–Kier alpha value is -0.780. The highest BCUT2D eigenvalue weighted by atomic mass is 13.9. The molecule has 0 nitrogen and oxygen atoms in total. The number of rotatable bonds is 0. The summed E-state index contributed by atoms with van der Waals surface area (Å²) in [5.41, 5.74) is 2.27. The molecule has 0 N–H and O–H groups in total. The van der Waals surface area contributed by atoms with Crippen molar-refractivity contribution in [2.75, 3.05) is 0 Å². The van der Waals surface area contributed by atoms with Crippen molar-refractivity contribution in [1.82, 2.24) is 0 Å². The van der Waals surface area contributed by atoms with E-state index in [9.17, 15) is 0 Å². The van der Waals surface area contributed by atoms with Crippen molar-refractivity contribution < 1.29 is 0 Å². The lowest BCUT2D eigenvalue weighted by atomic mass is 10.2. The van der Waals surface area contributed by atoms with E-state index in [0.29, 0.717) is 0 Å².